The molecule has 1 atom stereocenters. The molecule has 1 rings (SSSR count). The van der Waals surface area contributed by atoms with Crippen molar-refractivity contribution < 1.29 is 4.21 Å². The molecule has 3 heteroatoms. The normalized spacial score (nSPS) is 12.4. The molecule has 0 aliphatic heterocycles. The zero-order valence-corrected chi connectivity index (χ0v) is 11.3. The Labute approximate surface area is 106 Å². The third-order valence-electron chi connectivity index (χ3n) is 2.63. The van der Waals surface area contributed by atoms with Crippen LogP contribution in [0, 0.1) is 11.3 Å². The van der Waals surface area contributed by atoms with Gasteiger partial charge in [0.15, 0.2) is 0 Å². The van der Waals surface area contributed by atoms with Crippen molar-refractivity contribution >= 4 is 10.8 Å². The summed E-state index contributed by atoms with van der Waals surface area (Å²) < 4.78 is 11.7. The largest absolute Gasteiger partial charge is 0.259 e. The maximum atomic E-state index is 11.7. The summed E-state index contributed by atoms with van der Waals surface area (Å²) in [6.45, 7) is 4.32. The molecule has 17 heavy (non-hydrogen) atoms. The number of hydrogen-bond acceptors (Lipinski definition) is 2. The van der Waals surface area contributed by atoms with E-state index in [0.29, 0.717) is 23.8 Å². The lowest BCUT2D eigenvalue weighted by atomic mass is 10.0. The highest BCUT2D eigenvalue weighted by Gasteiger charge is 2.03. The molecule has 0 heterocycles. The smallest absolute Gasteiger partial charge is 0.0622 e. The average molecular weight is 249 g/mol. The second kappa shape index (κ2) is 7.24. The highest BCUT2D eigenvalue weighted by molar-refractivity contribution is 7.84. The standard InChI is InChI=1S/C14H19NOS/c1-12(2)14-7-5-13(6-8-14)11-17(16)10-4-3-9-15/h5-8,12H,3-4,10-11H2,1-2H3/t17-/m0/s1. The van der Waals surface area contributed by atoms with Crippen molar-refractivity contribution in [2.24, 2.45) is 0 Å². The van der Waals surface area contributed by atoms with Crippen LogP contribution in [-0.2, 0) is 16.6 Å². The fourth-order valence-corrected chi connectivity index (χ4v) is 2.74. The zero-order chi connectivity index (χ0) is 12.7. The van der Waals surface area contributed by atoms with E-state index in [4.69, 9.17) is 5.26 Å². The number of nitriles is 1. The minimum Gasteiger partial charge on any atom is -0.259 e. The van der Waals surface area contributed by atoms with Gasteiger partial charge in [-0.15, -0.1) is 0 Å². The molecular weight excluding hydrogens is 230 g/mol. The molecule has 0 aliphatic carbocycles. The molecular formula is C14H19NOS. The van der Waals surface area contributed by atoms with E-state index < -0.39 is 10.8 Å². The minimum atomic E-state index is -0.841. The van der Waals surface area contributed by atoms with E-state index in [0.717, 1.165) is 12.0 Å². The van der Waals surface area contributed by atoms with Crippen molar-refractivity contribution in [1.82, 2.24) is 0 Å². The Kier molecular flexibility index (Phi) is 5.93. The van der Waals surface area contributed by atoms with Crippen LogP contribution >= 0.6 is 0 Å². The van der Waals surface area contributed by atoms with Gasteiger partial charge < -0.3 is 0 Å². The molecule has 0 saturated heterocycles. The molecule has 0 radical (unpaired) electrons. The van der Waals surface area contributed by atoms with E-state index in [-0.39, 0.29) is 0 Å². The predicted octanol–water partition coefficient (Wildman–Crippen LogP) is 3.36. The topological polar surface area (TPSA) is 40.9 Å². The molecule has 0 aliphatic rings. The lowest BCUT2D eigenvalue weighted by Gasteiger charge is -2.06. The van der Waals surface area contributed by atoms with Crippen LogP contribution in [0.3, 0.4) is 0 Å². The highest BCUT2D eigenvalue weighted by Crippen LogP contribution is 2.15. The first-order valence-corrected chi connectivity index (χ1v) is 7.43. The van der Waals surface area contributed by atoms with Crippen LogP contribution in [0.2, 0.25) is 0 Å². The third-order valence-corrected chi connectivity index (χ3v) is 4.03. The monoisotopic (exact) mass is 249 g/mol. The summed E-state index contributed by atoms with van der Waals surface area (Å²) in [6.07, 6.45) is 1.23. The molecule has 2 nitrogen and oxygen atoms in total. The van der Waals surface area contributed by atoms with Crippen LogP contribution in [0.15, 0.2) is 24.3 Å². The van der Waals surface area contributed by atoms with Crippen LogP contribution in [0.5, 0.6) is 0 Å². The Morgan fingerprint density at radius 1 is 1.29 bits per heavy atom. The van der Waals surface area contributed by atoms with Gasteiger partial charge >= 0.3 is 0 Å². The quantitative estimate of drug-likeness (QED) is 0.725. The number of benzene rings is 1. The minimum absolute atomic E-state index is 0.498. The molecule has 0 N–H and O–H groups in total. The number of hydrogen-bond donors (Lipinski definition) is 0. The summed E-state index contributed by atoms with van der Waals surface area (Å²) in [4.78, 5) is 0. The molecule has 0 fully saturated rings. The summed E-state index contributed by atoms with van der Waals surface area (Å²) in [5.41, 5.74) is 2.42. The first kappa shape index (κ1) is 13.9. The van der Waals surface area contributed by atoms with Gasteiger partial charge in [0.25, 0.3) is 0 Å². The Hall–Kier alpha value is -1.14. The SMILES string of the molecule is CC(C)c1ccc(C[S@@](=O)CCCC#N)cc1. The van der Waals surface area contributed by atoms with Gasteiger partial charge in [-0.25, -0.2) is 0 Å². The Bertz CT molecular complexity index is 403. The lowest BCUT2D eigenvalue weighted by Crippen LogP contribution is -2.01. The fourth-order valence-electron chi connectivity index (χ4n) is 1.57. The number of nitrogens with zero attached hydrogens (tertiary/aromatic N) is 1. The van der Waals surface area contributed by atoms with Crippen molar-refractivity contribution in [3.05, 3.63) is 35.4 Å². The number of rotatable bonds is 6. The fraction of sp³-hybridized carbons (Fsp3) is 0.500. The number of unbranched alkanes of at least 4 members (excludes halogenated alkanes) is 1. The van der Waals surface area contributed by atoms with E-state index in [1.807, 2.05) is 0 Å². The average Bonchev–Trinajstić information content (AvgIpc) is 2.30. The summed E-state index contributed by atoms with van der Waals surface area (Å²) in [5.74, 6) is 1.76. The summed E-state index contributed by atoms with van der Waals surface area (Å²) in [5, 5.41) is 8.40. The van der Waals surface area contributed by atoms with E-state index in [2.05, 4.69) is 44.2 Å². The zero-order valence-electron chi connectivity index (χ0n) is 10.5. The van der Waals surface area contributed by atoms with Crippen LogP contribution in [0.4, 0.5) is 0 Å². The van der Waals surface area contributed by atoms with Gasteiger partial charge in [-0.05, 0) is 23.5 Å². The summed E-state index contributed by atoms with van der Waals surface area (Å²) >= 11 is 0. The first-order chi connectivity index (χ1) is 8.13. The first-order valence-electron chi connectivity index (χ1n) is 5.94. The van der Waals surface area contributed by atoms with Crippen molar-refractivity contribution in [2.75, 3.05) is 5.75 Å². The summed E-state index contributed by atoms with van der Waals surface area (Å²) in [6, 6.07) is 10.4. The molecule has 92 valence electrons. The molecule has 0 saturated carbocycles. The maximum absolute atomic E-state index is 11.7. The van der Waals surface area contributed by atoms with Crippen LogP contribution in [-0.4, -0.2) is 9.96 Å². The van der Waals surface area contributed by atoms with Crippen molar-refractivity contribution in [3.8, 4) is 6.07 Å². The van der Waals surface area contributed by atoms with Crippen molar-refractivity contribution in [3.63, 3.8) is 0 Å². The Morgan fingerprint density at radius 2 is 1.94 bits per heavy atom. The van der Waals surface area contributed by atoms with Gasteiger partial charge in [0.1, 0.15) is 0 Å². The van der Waals surface area contributed by atoms with Gasteiger partial charge in [0.05, 0.1) is 6.07 Å². The Balaban J connectivity index is 2.46. The second-order valence-electron chi connectivity index (χ2n) is 4.45. The van der Waals surface area contributed by atoms with Crippen molar-refractivity contribution in [2.45, 2.75) is 38.4 Å². The van der Waals surface area contributed by atoms with Gasteiger partial charge in [-0.3, -0.25) is 4.21 Å². The van der Waals surface area contributed by atoms with E-state index in [9.17, 15) is 4.21 Å². The van der Waals surface area contributed by atoms with E-state index >= 15 is 0 Å². The molecule has 1 aromatic rings. The van der Waals surface area contributed by atoms with Crippen LogP contribution in [0.25, 0.3) is 0 Å². The molecule has 0 amide bonds. The second-order valence-corrected chi connectivity index (χ2v) is 6.02. The highest BCUT2D eigenvalue weighted by atomic mass is 32.2. The van der Waals surface area contributed by atoms with Crippen LogP contribution in [0.1, 0.15) is 43.7 Å². The van der Waals surface area contributed by atoms with Gasteiger partial charge in [-0.1, -0.05) is 38.1 Å². The molecule has 1 aromatic carbocycles. The molecule has 0 bridgehead atoms. The molecule has 0 spiro atoms. The third kappa shape index (κ3) is 5.14. The molecule has 0 aromatic heterocycles. The van der Waals surface area contributed by atoms with Gasteiger partial charge in [0.2, 0.25) is 0 Å². The maximum Gasteiger partial charge on any atom is 0.0622 e. The summed E-state index contributed by atoms with van der Waals surface area (Å²) in [7, 11) is -0.841. The van der Waals surface area contributed by atoms with Crippen molar-refractivity contribution in [1.29, 1.82) is 5.26 Å². The Morgan fingerprint density at radius 3 is 2.47 bits per heavy atom. The van der Waals surface area contributed by atoms with Gasteiger partial charge in [-0.2, -0.15) is 5.26 Å². The van der Waals surface area contributed by atoms with E-state index in [1.165, 1.54) is 5.56 Å². The lowest BCUT2D eigenvalue weighted by molar-refractivity contribution is 0.680. The van der Waals surface area contributed by atoms with Gasteiger partial charge in [0, 0.05) is 28.7 Å². The van der Waals surface area contributed by atoms with Crippen LogP contribution < -0.4 is 0 Å². The molecule has 0 unspecified atom stereocenters. The predicted molar refractivity (Wildman–Crippen MR) is 72.1 cm³/mol. The van der Waals surface area contributed by atoms with E-state index in [1.54, 1.807) is 0 Å².